The van der Waals surface area contributed by atoms with Gasteiger partial charge < -0.3 is 20.5 Å². The summed E-state index contributed by atoms with van der Waals surface area (Å²) < 4.78 is 16.0. The van der Waals surface area contributed by atoms with E-state index in [1.54, 1.807) is 13.2 Å². The Morgan fingerprint density at radius 2 is 2.00 bits per heavy atom. The Hall–Kier alpha value is -1.15. The second kappa shape index (κ2) is 9.84. The average Bonchev–Trinajstić information content (AvgIpc) is 2.29. The molecule has 2 unspecified atom stereocenters. The predicted molar refractivity (Wildman–Crippen MR) is 68.0 cm³/mol. The van der Waals surface area contributed by atoms with Crippen LogP contribution >= 0.6 is 0 Å². The molecule has 0 saturated heterocycles. The Morgan fingerprint density at radius 3 is 2.56 bits per heavy atom. The van der Waals surface area contributed by atoms with E-state index in [2.05, 4.69) is 10.6 Å². The second-order valence-electron chi connectivity index (χ2n) is 3.70. The molecule has 3 N–H and O–H groups in total. The molecule has 8 heteroatoms. The van der Waals surface area contributed by atoms with E-state index >= 15 is 0 Å². The molecule has 0 heterocycles. The number of rotatable bonds is 9. The minimum absolute atomic E-state index is 0.0496. The van der Waals surface area contributed by atoms with Gasteiger partial charge in [-0.3, -0.25) is 9.00 Å². The van der Waals surface area contributed by atoms with Crippen molar-refractivity contribution in [2.24, 2.45) is 0 Å². The topological polar surface area (TPSA) is 105 Å². The van der Waals surface area contributed by atoms with Gasteiger partial charge in [-0.25, -0.2) is 4.79 Å². The van der Waals surface area contributed by atoms with Crippen LogP contribution in [0.3, 0.4) is 0 Å². The van der Waals surface area contributed by atoms with Gasteiger partial charge in [0.1, 0.15) is 0 Å². The van der Waals surface area contributed by atoms with Crippen molar-refractivity contribution >= 4 is 22.8 Å². The quantitative estimate of drug-likeness (QED) is 0.496. The first kappa shape index (κ1) is 16.9. The molecule has 0 aliphatic carbocycles. The maximum atomic E-state index is 11.2. The number of hydrogen-bond donors (Lipinski definition) is 3. The van der Waals surface area contributed by atoms with Gasteiger partial charge in [-0.05, 0) is 6.92 Å². The molecule has 106 valence electrons. The lowest BCUT2D eigenvalue weighted by Crippen LogP contribution is -2.41. The highest BCUT2D eigenvalue weighted by atomic mass is 32.2. The maximum Gasteiger partial charge on any atom is 0.314 e. The van der Waals surface area contributed by atoms with Crippen molar-refractivity contribution in [3.8, 4) is 0 Å². The molecule has 0 aromatic rings. The number of hydrogen-bond acceptors (Lipinski definition) is 4. The SMILES string of the molecule is CC(CNC(=O)NCCOCCC(=O)O)S(C)=O. The lowest BCUT2D eigenvalue weighted by atomic mass is 10.5. The molecule has 0 aromatic heterocycles. The lowest BCUT2D eigenvalue weighted by Gasteiger charge is -2.11. The Balaban J connectivity index is 3.43. The van der Waals surface area contributed by atoms with Crippen molar-refractivity contribution in [3.05, 3.63) is 0 Å². The number of urea groups is 1. The normalized spacial score (nSPS) is 13.7. The van der Waals surface area contributed by atoms with Crippen molar-refractivity contribution in [3.63, 3.8) is 0 Å². The summed E-state index contributed by atoms with van der Waals surface area (Å²) in [6.07, 6.45) is 1.53. The number of carboxylic acid groups (broad SMARTS) is 1. The van der Waals surface area contributed by atoms with Crippen LogP contribution in [0.15, 0.2) is 0 Å². The number of amides is 2. The van der Waals surface area contributed by atoms with Crippen LogP contribution < -0.4 is 10.6 Å². The molecule has 0 aliphatic heterocycles. The third-order valence-corrected chi connectivity index (χ3v) is 3.41. The van der Waals surface area contributed by atoms with Gasteiger partial charge >= 0.3 is 12.0 Å². The fourth-order valence-electron chi connectivity index (χ4n) is 0.915. The van der Waals surface area contributed by atoms with E-state index in [4.69, 9.17) is 9.84 Å². The Morgan fingerprint density at radius 1 is 1.33 bits per heavy atom. The highest BCUT2D eigenvalue weighted by Gasteiger charge is 2.07. The summed E-state index contributed by atoms with van der Waals surface area (Å²) in [4.78, 5) is 21.4. The van der Waals surface area contributed by atoms with Crippen LogP contribution in [-0.2, 0) is 20.3 Å². The van der Waals surface area contributed by atoms with E-state index in [0.717, 1.165) is 0 Å². The fraction of sp³-hybridized carbons (Fsp3) is 0.800. The van der Waals surface area contributed by atoms with Gasteiger partial charge in [-0.15, -0.1) is 0 Å². The van der Waals surface area contributed by atoms with Gasteiger partial charge in [0.2, 0.25) is 0 Å². The molecule has 0 saturated carbocycles. The average molecular weight is 280 g/mol. The fourth-order valence-corrected chi connectivity index (χ4v) is 1.23. The molecule has 18 heavy (non-hydrogen) atoms. The number of carboxylic acids is 1. The van der Waals surface area contributed by atoms with Crippen LogP contribution in [-0.4, -0.2) is 59.1 Å². The molecule has 0 bridgehead atoms. The smallest absolute Gasteiger partial charge is 0.314 e. The van der Waals surface area contributed by atoms with E-state index in [0.29, 0.717) is 13.1 Å². The van der Waals surface area contributed by atoms with Crippen LogP contribution in [0.2, 0.25) is 0 Å². The molecular weight excluding hydrogens is 260 g/mol. The lowest BCUT2D eigenvalue weighted by molar-refractivity contribution is -0.138. The first-order valence-corrected chi connectivity index (χ1v) is 7.19. The second-order valence-corrected chi connectivity index (χ2v) is 5.50. The summed E-state index contributed by atoms with van der Waals surface area (Å²) in [6, 6.07) is -0.353. The molecule has 0 aromatic carbocycles. The molecule has 0 spiro atoms. The minimum atomic E-state index is -0.964. The monoisotopic (exact) mass is 280 g/mol. The molecule has 0 aliphatic rings. The third kappa shape index (κ3) is 10.0. The first-order chi connectivity index (χ1) is 8.43. The summed E-state index contributed by atoms with van der Waals surface area (Å²) in [6.45, 7) is 2.82. The molecule has 7 nitrogen and oxygen atoms in total. The number of carbonyl (C=O) groups is 2. The van der Waals surface area contributed by atoms with Crippen LogP contribution in [0.25, 0.3) is 0 Å². The standard InChI is InChI=1S/C10H20N2O5S/c1-8(18(2)16)7-12-10(15)11-4-6-17-5-3-9(13)14/h8H,3-7H2,1-2H3,(H,13,14)(H2,11,12,15). The van der Waals surface area contributed by atoms with Crippen molar-refractivity contribution < 1.29 is 23.6 Å². The zero-order valence-electron chi connectivity index (χ0n) is 10.6. The number of ether oxygens (including phenoxy) is 1. The van der Waals surface area contributed by atoms with E-state index in [1.165, 1.54) is 0 Å². The number of carbonyl (C=O) groups excluding carboxylic acids is 1. The third-order valence-electron chi connectivity index (χ3n) is 2.11. The Labute approximate surface area is 109 Å². The van der Waals surface area contributed by atoms with Crippen LogP contribution in [0.4, 0.5) is 4.79 Å². The summed E-state index contributed by atoms with van der Waals surface area (Å²) in [7, 11) is -0.964. The van der Waals surface area contributed by atoms with Gasteiger partial charge in [0, 0.05) is 35.4 Å². The summed E-state index contributed by atoms with van der Waals surface area (Å²) in [5.41, 5.74) is 0. The van der Waals surface area contributed by atoms with Crippen LogP contribution in [0.5, 0.6) is 0 Å². The molecular formula is C10H20N2O5S. The molecule has 2 atom stereocenters. The van der Waals surface area contributed by atoms with Crippen molar-refractivity contribution in [1.29, 1.82) is 0 Å². The van der Waals surface area contributed by atoms with E-state index in [1.807, 2.05) is 0 Å². The summed E-state index contributed by atoms with van der Waals surface area (Å²) in [5, 5.41) is 13.4. The number of nitrogens with one attached hydrogen (secondary N) is 2. The van der Waals surface area contributed by atoms with Gasteiger partial charge in [-0.2, -0.15) is 0 Å². The zero-order chi connectivity index (χ0) is 14.0. The maximum absolute atomic E-state index is 11.2. The predicted octanol–water partition coefficient (Wildman–Crippen LogP) is -0.456. The first-order valence-electron chi connectivity index (χ1n) is 5.57. The van der Waals surface area contributed by atoms with Gasteiger partial charge in [0.05, 0.1) is 19.6 Å². The molecule has 0 radical (unpaired) electrons. The summed E-state index contributed by atoms with van der Waals surface area (Å²) in [5.74, 6) is -0.915. The zero-order valence-corrected chi connectivity index (χ0v) is 11.4. The van der Waals surface area contributed by atoms with E-state index < -0.39 is 16.8 Å². The number of aliphatic carboxylic acids is 1. The van der Waals surface area contributed by atoms with Crippen molar-refractivity contribution in [1.82, 2.24) is 10.6 Å². The summed E-state index contributed by atoms with van der Waals surface area (Å²) >= 11 is 0. The highest BCUT2D eigenvalue weighted by Crippen LogP contribution is 1.89. The Bertz CT molecular complexity index is 298. The van der Waals surface area contributed by atoms with Crippen LogP contribution in [0, 0.1) is 0 Å². The molecule has 2 amide bonds. The molecule has 0 rings (SSSR count). The Kier molecular flexibility index (Phi) is 9.21. The van der Waals surface area contributed by atoms with Gasteiger partial charge in [0.15, 0.2) is 0 Å². The van der Waals surface area contributed by atoms with Gasteiger partial charge in [-0.1, -0.05) is 0 Å². The minimum Gasteiger partial charge on any atom is -0.481 e. The molecule has 0 fully saturated rings. The van der Waals surface area contributed by atoms with Crippen LogP contribution in [0.1, 0.15) is 13.3 Å². The van der Waals surface area contributed by atoms with E-state index in [9.17, 15) is 13.8 Å². The largest absolute Gasteiger partial charge is 0.481 e. The van der Waals surface area contributed by atoms with Crippen molar-refractivity contribution in [2.45, 2.75) is 18.6 Å². The van der Waals surface area contributed by atoms with Gasteiger partial charge in [0.25, 0.3) is 0 Å². The van der Waals surface area contributed by atoms with E-state index in [-0.39, 0.29) is 30.9 Å². The highest BCUT2D eigenvalue weighted by molar-refractivity contribution is 7.84. The van der Waals surface area contributed by atoms with Crippen molar-refractivity contribution in [2.75, 3.05) is 32.6 Å².